The molecule has 0 atom stereocenters. The number of benzene rings is 1. The summed E-state index contributed by atoms with van der Waals surface area (Å²) in [5.41, 5.74) is 0.945. The fourth-order valence-electron chi connectivity index (χ4n) is 0.581. The van der Waals surface area contributed by atoms with Crippen molar-refractivity contribution in [1.82, 2.24) is 0 Å². The average Bonchev–Trinajstić information content (AvgIpc) is 2.04. The lowest BCUT2D eigenvalue weighted by Gasteiger charge is -1.96. The summed E-state index contributed by atoms with van der Waals surface area (Å²) in [7, 11) is 0. The lowest BCUT2D eigenvalue weighted by Crippen LogP contribution is -1.73. The van der Waals surface area contributed by atoms with Crippen LogP contribution in [0.1, 0.15) is 19.4 Å². The monoisotopic (exact) mass is 190 g/mol. The Bertz CT molecular complexity index is 199. The molecule has 0 amide bonds. The molecular formula is C9H12Cl2. The van der Waals surface area contributed by atoms with Crippen molar-refractivity contribution in [2.24, 2.45) is 0 Å². The predicted octanol–water partition coefficient (Wildman–Crippen LogP) is 4.33. The normalized spacial score (nSPS) is 8.45. The largest absolute Gasteiger partial charge is 0.0840 e. The van der Waals surface area contributed by atoms with Gasteiger partial charge in [-0.2, -0.15) is 0 Å². The first-order valence-corrected chi connectivity index (χ1v) is 4.38. The third-order valence-electron chi connectivity index (χ3n) is 1.20. The Balaban J connectivity index is 0.000000461. The van der Waals surface area contributed by atoms with Crippen LogP contribution < -0.4 is 0 Å². The summed E-state index contributed by atoms with van der Waals surface area (Å²) in [6, 6.07) is 5.48. The molecular weight excluding hydrogens is 179 g/mol. The van der Waals surface area contributed by atoms with Crippen LogP contribution >= 0.6 is 23.2 Å². The predicted molar refractivity (Wildman–Crippen MR) is 52.5 cm³/mol. The van der Waals surface area contributed by atoms with Crippen LogP contribution in [0.25, 0.3) is 0 Å². The first-order chi connectivity index (χ1) is 5.22. The highest BCUT2D eigenvalue weighted by Gasteiger charge is 1.96. The quantitative estimate of drug-likeness (QED) is 0.572. The fourth-order valence-corrected chi connectivity index (χ4v) is 0.979. The van der Waals surface area contributed by atoms with Crippen LogP contribution in [0.15, 0.2) is 18.2 Å². The number of hydrogen-bond donors (Lipinski definition) is 0. The van der Waals surface area contributed by atoms with Crippen LogP contribution in [-0.4, -0.2) is 0 Å². The SMILES string of the molecule is CC.Cc1c(Cl)cccc1Cl. The summed E-state index contributed by atoms with van der Waals surface area (Å²) in [5, 5.41) is 1.45. The van der Waals surface area contributed by atoms with E-state index < -0.39 is 0 Å². The molecule has 0 unspecified atom stereocenters. The van der Waals surface area contributed by atoms with Gasteiger partial charge in [0.25, 0.3) is 0 Å². The molecule has 0 bridgehead atoms. The molecule has 0 nitrogen and oxygen atoms in total. The van der Waals surface area contributed by atoms with Crippen LogP contribution in [0.5, 0.6) is 0 Å². The smallest absolute Gasteiger partial charge is 0.0450 e. The van der Waals surface area contributed by atoms with Gasteiger partial charge in [-0.05, 0) is 24.6 Å². The van der Waals surface area contributed by atoms with Gasteiger partial charge in [-0.1, -0.05) is 43.1 Å². The van der Waals surface area contributed by atoms with Crippen molar-refractivity contribution in [3.8, 4) is 0 Å². The van der Waals surface area contributed by atoms with E-state index in [-0.39, 0.29) is 0 Å². The maximum atomic E-state index is 5.73. The second-order valence-electron chi connectivity index (χ2n) is 1.85. The molecule has 2 heteroatoms. The minimum absolute atomic E-state index is 0.725. The van der Waals surface area contributed by atoms with Crippen LogP contribution in [0, 0.1) is 6.92 Å². The van der Waals surface area contributed by atoms with Gasteiger partial charge in [0.2, 0.25) is 0 Å². The van der Waals surface area contributed by atoms with Crippen molar-refractivity contribution in [2.75, 3.05) is 0 Å². The van der Waals surface area contributed by atoms with Gasteiger partial charge in [-0.15, -0.1) is 0 Å². The molecule has 62 valence electrons. The Morgan fingerprint density at radius 3 is 1.64 bits per heavy atom. The number of rotatable bonds is 0. The zero-order valence-corrected chi connectivity index (χ0v) is 8.50. The summed E-state index contributed by atoms with van der Waals surface area (Å²) in [6.45, 7) is 5.89. The molecule has 0 aliphatic rings. The molecule has 0 saturated heterocycles. The zero-order chi connectivity index (χ0) is 8.85. The second kappa shape index (κ2) is 5.45. The van der Waals surface area contributed by atoms with E-state index >= 15 is 0 Å². The average molecular weight is 191 g/mol. The number of hydrogen-bond acceptors (Lipinski definition) is 0. The maximum Gasteiger partial charge on any atom is 0.0450 e. The standard InChI is InChI=1S/C7H6Cl2.C2H6/c1-5-6(8)3-2-4-7(5)9;1-2/h2-4H,1H3;1-2H3. The molecule has 11 heavy (non-hydrogen) atoms. The lowest BCUT2D eigenvalue weighted by atomic mass is 10.2. The van der Waals surface area contributed by atoms with Crippen molar-refractivity contribution in [1.29, 1.82) is 0 Å². The molecule has 1 rings (SSSR count). The van der Waals surface area contributed by atoms with Crippen LogP contribution in [-0.2, 0) is 0 Å². The molecule has 1 aromatic rings. The molecule has 0 heterocycles. The maximum absolute atomic E-state index is 5.73. The third-order valence-corrected chi connectivity index (χ3v) is 2.02. The molecule has 0 fully saturated rings. The van der Waals surface area contributed by atoms with Crippen molar-refractivity contribution in [3.63, 3.8) is 0 Å². The van der Waals surface area contributed by atoms with Gasteiger partial charge < -0.3 is 0 Å². The molecule has 0 saturated carbocycles. The highest BCUT2D eigenvalue weighted by molar-refractivity contribution is 6.35. The molecule has 0 aliphatic carbocycles. The van der Waals surface area contributed by atoms with Gasteiger partial charge >= 0.3 is 0 Å². The van der Waals surface area contributed by atoms with Gasteiger partial charge in [0.15, 0.2) is 0 Å². The molecule has 0 N–H and O–H groups in total. The van der Waals surface area contributed by atoms with E-state index in [1.807, 2.05) is 39.0 Å². The van der Waals surface area contributed by atoms with E-state index in [0.717, 1.165) is 15.6 Å². The summed E-state index contributed by atoms with van der Waals surface area (Å²) in [5.74, 6) is 0. The summed E-state index contributed by atoms with van der Waals surface area (Å²) >= 11 is 11.5. The second-order valence-corrected chi connectivity index (χ2v) is 2.66. The van der Waals surface area contributed by atoms with Crippen LogP contribution in [0.4, 0.5) is 0 Å². The first kappa shape index (κ1) is 10.8. The van der Waals surface area contributed by atoms with E-state index in [9.17, 15) is 0 Å². The summed E-state index contributed by atoms with van der Waals surface area (Å²) < 4.78 is 0. The van der Waals surface area contributed by atoms with Gasteiger partial charge in [0.05, 0.1) is 0 Å². The van der Waals surface area contributed by atoms with E-state index in [4.69, 9.17) is 23.2 Å². The minimum atomic E-state index is 0.725. The Hall–Kier alpha value is -0.200. The molecule has 0 radical (unpaired) electrons. The number of halogens is 2. The Labute approximate surface area is 78.1 Å². The molecule has 0 spiro atoms. The molecule has 1 aromatic carbocycles. The van der Waals surface area contributed by atoms with Crippen molar-refractivity contribution in [3.05, 3.63) is 33.8 Å². The Morgan fingerprint density at radius 1 is 1.00 bits per heavy atom. The third kappa shape index (κ3) is 3.13. The molecule has 0 aliphatic heterocycles. The fraction of sp³-hybridized carbons (Fsp3) is 0.333. The first-order valence-electron chi connectivity index (χ1n) is 3.62. The Kier molecular flexibility index (Phi) is 5.35. The van der Waals surface area contributed by atoms with E-state index in [2.05, 4.69) is 0 Å². The van der Waals surface area contributed by atoms with Crippen molar-refractivity contribution >= 4 is 23.2 Å². The molecule has 0 aromatic heterocycles. The Morgan fingerprint density at radius 2 is 1.36 bits per heavy atom. The van der Waals surface area contributed by atoms with Crippen LogP contribution in [0.2, 0.25) is 10.0 Å². The van der Waals surface area contributed by atoms with Gasteiger partial charge in [0, 0.05) is 10.0 Å². The highest BCUT2D eigenvalue weighted by atomic mass is 35.5. The topological polar surface area (TPSA) is 0 Å². The highest BCUT2D eigenvalue weighted by Crippen LogP contribution is 2.21. The minimum Gasteiger partial charge on any atom is -0.0840 e. The van der Waals surface area contributed by atoms with Crippen LogP contribution in [0.3, 0.4) is 0 Å². The zero-order valence-electron chi connectivity index (χ0n) is 6.99. The van der Waals surface area contributed by atoms with Crippen molar-refractivity contribution in [2.45, 2.75) is 20.8 Å². The van der Waals surface area contributed by atoms with E-state index in [1.54, 1.807) is 0 Å². The summed E-state index contributed by atoms with van der Waals surface area (Å²) in [4.78, 5) is 0. The summed E-state index contributed by atoms with van der Waals surface area (Å²) in [6.07, 6.45) is 0. The van der Waals surface area contributed by atoms with Gasteiger partial charge in [0.1, 0.15) is 0 Å². The van der Waals surface area contributed by atoms with Gasteiger partial charge in [-0.3, -0.25) is 0 Å². The van der Waals surface area contributed by atoms with Gasteiger partial charge in [-0.25, -0.2) is 0 Å². The van der Waals surface area contributed by atoms with E-state index in [0.29, 0.717) is 0 Å². The lowest BCUT2D eigenvalue weighted by molar-refractivity contribution is 1.47. The van der Waals surface area contributed by atoms with Crippen molar-refractivity contribution < 1.29 is 0 Å². The van der Waals surface area contributed by atoms with E-state index in [1.165, 1.54) is 0 Å².